The summed E-state index contributed by atoms with van der Waals surface area (Å²) in [6, 6.07) is 0.528. The first-order valence-electron chi connectivity index (χ1n) is 7.66. The third-order valence-electron chi connectivity index (χ3n) is 4.60. The Balaban J connectivity index is 1.71. The minimum absolute atomic E-state index is 0.275. The maximum atomic E-state index is 12.2. The van der Waals surface area contributed by atoms with Crippen LogP contribution in [0, 0.1) is 5.41 Å². The van der Waals surface area contributed by atoms with E-state index in [0.29, 0.717) is 18.0 Å². The molecule has 2 fully saturated rings. The van der Waals surface area contributed by atoms with E-state index in [4.69, 9.17) is 0 Å². The Morgan fingerprint density at radius 2 is 1.95 bits per heavy atom. The first-order chi connectivity index (χ1) is 8.96. The number of likely N-dealkylation sites (N-methyl/N-ethyl adjacent to an activating group) is 1. The van der Waals surface area contributed by atoms with Crippen LogP contribution >= 0.6 is 0 Å². The number of hydrogen-bond acceptors (Lipinski definition) is 3. The highest BCUT2D eigenvalue weighted by molar-refractivity contribution is 5.78. The summed E-state index contributed by atoms with van der Waals surface area (Å²) in [4.78, 5) is 16.4. The number of carbonyl (C=O) groups is 1. The predicted octanol–water partition coefficient (Wildman–Crippen LogP) is 1.32. The molecule has 1 atom stereocenters. The number of piperazine rings is 1. The molecule has 2 aliphatic rings. The van der Waals surface area contributed by atoms with Crippen molar-refractivity contribution in [2.24, 2.45) is 5.41 Å². The van der Waals surface area contributed by atoms with E-state index in [2.05, 4.69) is 31.1 Å². The average Bonchev–Trinajstić information content (AvgIpc) is 2.36. The number of carbonyl (C=O) groups excluding carboxylic acids is 1. The second-order valence-electron chi connectivity index (χ2n) is 7.02. The van der Waals surface area contributed by atoms with Crippen LogP contribution in [-0.4, -0.2) is 61.5 Å². The summed E-state index contributed by atoms with van der Waals surface area (Å²) >= 11 is 0. The lowest BCUT2D eigenvalue weighted by Gasteiger charge is -2.36. The van der Waals surface area contributed by atoms with Crippen LogP contribution in [0.2, 0.25) is 0 Å². The van der Waals surface area contributed by atoms with Crippen molar-refractivity contribution in [3.63, 3.8) is 0 Å². The molecular weight excluding hydrogens is 238 g/mol. The summed E-state index contributed by atoms with van der Waals surface area (Å²) < 4.78 is 0. The SMILES string of the molecule is CN1CCN(C(=O)CNC2CCCC(C)(C)C2)CC1. The zero-order valence-corrected chi connectivity index (χ0v) is 12.7. The summed E-state index contributed by atoms with van der Waals surface area (Å²) in [6.07, 6.45) is 5.02. The van der Waals surface area contributed by atoms with Crippen molar-refractivity contribution in [3.05, 3.63) is 0 Å². The van der Waals surface area contributed by atoms with Gasteiger partial charge in [0.25, 0.3) is 0 Å². The lowest BCUT2D eigenvalue weighted by molar-refractivity contribution is -0.132. The van der Waals surface area contributed by atoms with Crippen LogP contribution in [0.3, 0.4) is 0 Å². The van der Waals surface area contributed by atoms with Gasteiger partial charge in [0.2, 0.25) is 5.91 Å². The van der Waals surface area contributed by atoms with Crippen molar-refractivity contribution >= 4 is 5.91 Å². The van der Waals surface area contributed by atoms with Gasteiger partial charge in [0.1, 0.15) is 0 Å². The highest BCUT2D eigenvalue weighted by atomic mass is 16.2. The van der Waals surface area contributed by atoms with Gasteiger partial charge in [-0.25, -0.2) is 0 Å². The van der Waals surface area contributed by atoms with Crippen molar-refractivity contribution in [2.45, 2.75) is 45.6 Å². The third-order valence-corrected chi connectivity index (χ3v) is 4.60. The molecule has 0 spiro atoms. The molecule has 19 heavy (non-hydrogen) atoms. The Bertz CT molecular complexity index is 309. The predicted molar refractivity (Wildman–Crippen MR) is 78.1 cm³/mol. The molecule has 0 bridgehead atoms. The fourth-order valence-electron chi connectivity index (χ4n) is 3.27. The number of amides is 1. The van der Waals surface area contributed by atoms with Crippen LogP contribution < -0.4 is 5.32 Å². The van der Waals surface area contributed by atoms with Crippen LogP contribution in [0.25, 0.3) is 0 Å². The zero-order chi connectivity index (χ0) is 13.9. The molecule has 4 heteroatoms. The second-order valence-corrected chi connectivity index (χ2v) is 7.02. The number of nitrogens with zero attached hydrogens (tertiary/aromatic N) is 2. The first kappa shape index (κ1) is 14.8. The number of hydrogen-bond donors (Lipinski definition) is 1. The lowest BCUT2D eigenvalue weighted by Crippen LogP contribution is -2.51. The van der Waals surface area contributed by atoms with E-state index in [0.717, 1.165) is 26.2 Å². The first-order valence-corrected chi connectivity index (χ1v) is 7.66. The van der Waals surface area contributed by atoms with Gasteiger partial charge < -0.3 is 15.1 Å². The Labute approximate surface area is 117 Å². The smallest absolute Gasteiger partial charge is 0.236 e. The maximum absolute atomic E-state index is 12.2. The Morgan fingerprint density at radius 1 is 1.26 bits per heavy atom. The summed E-state index contributed by atoms with van der Waals surface area (Å²) in [7, 11) is 2.12. The van der Waals surface area contributed by atoms with Crippen LogP contribution in [0.5, 0.6) is 0 Å². The van der Waals surface area contributed by atoms with Gasteiger partial charge in [0.15, 0.2) is 0 Å². The van der Waals surface area contributed by atoms with Gasteiger partial charge in [-0.15, -0.1) is 0 Å². The molecule has 1 N–H and O–H groups in total. The van der Waals surface area contributed by atoms with Crippen molar-refractivity contribution < 1.29 is 4.79 Å². The minimum Gasteiger partial charge on any atom is -0.339 e. The van der Waals surface area contributed by atoms with Gasteiger partial charge in [0, 0.05) is 32.2 Å². The summed E-state index contributed by atoms with van der Waals surface area (Å²) in [6.45, 7) is 8.96. The van der Waals surface area contributed by atoms with Crippen LogP contribution in [0.1, 0.15) is 39.5 Å². The molecule has 0 aromatic carbocycles. The highest BCUT2D eigenvalue weighted by Crippen LogP contribution is 2.34. The van der Waals surface area contributed by atoms with Crippen LogP contribution in [-0.2, 0) is 4.79 Å². The van der Waals surface area contributed by atoms with E-state index in [9.17, 15) is 4.79 Å². The molecular formula is C15H29N3O. The molecule has 0 aromatic rings. The van der Waals surface area contributed by atoms with Gasteiger partial charge >= 0.3 is 0 Å². The third kappa shape index (κ3) is 4.46. The van der Waals surface area contributed by atoms with Gasteiger partial charge in [-0.3, -0.25) is 4.79 Å². The minimum atomic E-state index is 0.275. The zero-order valence-electron chi connectivity index (χ0n) is 12.7. The molecule has 4 nitrogen and oxygen atoms in total. The lowest BCUT2D eigenvalue weighted by atomic mass is 9.75. The van der Waals surface area contributed by atoms with Crippen LogP contribution in [0.4, 0.5) is 0 Å². The molecule has 1 heterocycles. The molecule has 0 aromatic heterocycles. The highest BCUT2D eigenvalue weighted by Gasteiger charge is 2.28. The molecule has 1 aliphatic carbocycles. The molecule has 0 radical (unpaired) electrons. The summed E-state index contributed by atoms with van der Waals surface area (Å²) in [5.41, 5.74) is 0.437. The van der Waals surface area contributed by atoms with E-state index in [1.54, 1.807) is 0 Å². The van der Waals surface area contributed by atoms with Gasteiger partial charge in [-0.05, 0) is 31.7 Å². The van der Waals surface area contributed by atoms with E-state index in [1.165, 1.54) is 25.7 Å². The largest absolute Gasteiger partial charge is 0.339 e. The Morgan fingerprint density at radius 3 is 2.58 bits per heavy atom. The van der Waals surface area contributed by atoms with Gasteiger partial charge in [-0.1, -0.05) is 20.3 Å². The van der Waals surface area contributed by atoms with E-state index >= 15 is 0 Å². The molecule has 110 valence electrons. The van der Waals surface area contributed by atoms with E-state index in [1.807, 2.05) is 4.90 Å². The fraction of sp³-hybridized carbons (Fsp3) is 0.933. The molecule has 1 unspecified atom stereocenters. The fourth-order valence-corrected chi connectivity index (χ4v) is 3.27. The van der Waals surface area contributed by atoms with E-state index in [-0.39, 0.29) is 5.91 Å². The summed E-state index contributed by atoms with van der Waals surface area (Å²) in [5.74, 6) is 0.275. The van der Waals surface area contributed by atoms with Gasteiger partial charge in [-0.2, -0.15) is 0 Å². The molecule has 2 rings (SSSR count). The molecule has 1 aliphatic heterocycles. The molecule has 1 saturated carbocycles. The Kier molecular flexibility index (Phi) is 4.85. The van der Waals surface area contributed by atoms with Crippen molar-refractivity contribution in [1.82, 2.24) is 15.1 Å². The Hall–Kier alpha value is -0.610. The van der Waals surface area contributed by atoms with Gasteiger partial charge in [0.05, 0.1) is 6.54 Å². The normalized spacial score (nSPS) is 28.4. The monoisotopic (exact) mass is 267 g/mol. The molecule has 1 amide bonds. The van der Waals surface area contributed by atoms with E-state index < -0.39 is 0 Å². The number of nitrogens with one attached hydrogen (secondary N) is 1. The molecule has 1 saturated heterocycles. The maximum Gasteiger partial charge on any atom is 0.236 e. The second kappa shape index (κ2) is 6.23. The van der Waals surface area contributed by atoms with Crippen molar-refractivity contribution in [3.8, 4) is 0 Å². The van der Waals surface area contributed by atoms with Crippen LogP contribution in [0.15, 0.2) is 0 Å². The number of rotatable bonds is 3. The quantitative estimate of drug-likeness (QED) is 0.838. The topological polar surface area (TPSA) is 35.6 Å². The average molecular weight is 267 g/mol. The van der Waals surface area contributed by atoms with Crippen molar-refractivity contribution in [1.29, 1.82) is 0 Å². The summed E-state index contributed by atoms with van der Waals surface area (Å²) in [5, 5.41) is 3.48. The van der Waals surface area contributed by atoms with Crippen molar-refractivity contribution in [2.75, 3.05) is 39.8 Å². The standard InChI is InChI=1S/C15H29N3O/c1-15(2)6-4-5-13(11-15)16-12-14(19)18-9-7-17(3)8-10-18/h13,16H,4-12H2,1-3H3.